The number of nitrogens with zero attached hydrogens (tertiary/aromatic N) is 4. The minimum absolute atomic E-state index is 0.208. The monoisotopic (exact) mass is 521 g/mol. The van der Waals surface area contributed by atoms with Crippen LogP contribution in [-0.2, 0) is 11.3 Å². The van der Waals surface area contributed by atoms with Crippen LogP contribution in [0.3, 0.4) is 0 Å². The summed E-state index contributed by atoms with van der Waals surface area (Å²) in [6, 6.07) is 16.2. The predicted octanol–water partition coefficient (Wildman–Crippen LogP) is 6.67. The van der Waals surface area contributed by atoms with Gasteiger partial charge in [-0.1, -0.05) is 12.1 Å². The van der Waals surface area contributed by atoms with Gasteiger partial charge in [0.05, 0.1) is 16.8 Å². The number of rotatable bonds is 7. The number of alkyl halides is 3. The standard InChI is InChI=1S/C27H22F3N5O3/c1-16(27(28,29)30)37-26(36)34-19-7-5-18(6-8-19)24-22(14-31)21-10-9-20(38-25-32-11-2-12-33-25)13-23(21)35(24)15-17-3-4-17/h2,5-13,16-17H,3-4,15H2,1H3,(H,34,36)/t16-/m1/s1. The minimum Gasteiger partial charge on any atom is -0.437 e. The van der Waals surface area contributed by atoms with Crippen LogP contribution < -0.4 is 10.1 Å². The molecule has 1 amide bonds. The van der Waals surface area contributed by atoms with Crippen molar-refractivity contribution in [3.63, 3.8) is 0 Å². The van der Waals surface area contributed by atoms with Crippen molar-refractivity contribution in [2.45, 2.75) is 38.6 Å². The molecule has 0 radical (unpaired) electrons. The Kier molecular flexibility index (Phi) is 6.63. The van der Waals surface area contributed by atoms with E-state index in [1.165, 1.54) is 0 Å². The molecule has 2 heterocycles. The number of hydrogen-bond donors (Lipinski definition) is 1. The number of benzene rings is 2. The summed E-state index contributed by atoms with van der Waals surface area (Å²) in [6.45, 7) is 1.47. The summed E-state index contributed by atoms with van der Waals surface area (Å²) in [5, 5.41) is 13.2. The summed E-state index contributed by atoms with van der Waals surface area (Å²) in [4.78, 5) is 20.1. The van der Waals surface area contributed by atoms with Crippen molar-refractivity contribution in [2.75, 3.05) is 5.32 Å². The largest absolute Gasteiger partial charge is 0.437 e. The second kappa shape index (κ2) is 10.0. The SMILES string of the molecule is C[C@@H](OC(=O)Nc1ccc(-c2c(C#N)c3ccc(Oc4ncccn4)cc3n2CC2CC2)cc1)C(F)(F)F. The molecule has 194 valence electrons. The lowest BCUT2D eigenvalue weighted by atomic mass is 10.1. The van der Waals surface area contributed by atoms with Crippen molar-refractivity contribution in [1.82, 2.24) is 14.5 Å². The number of aromatic nitrogens is 3. The predicted molar refractivity (Wildman–Crippen MR) is 133 cm³/mol. The van der Waals surface area contributed by atoms with Gasteiger partial charge in [-0.3, -0.25) is 5.32 Å². The number of anilines is 1. The van der Waals surface area contributed by atoms with Crippen molar-refractivity contribution in [2.24, 2.45) is 5.92 Å². The Balaban J connectivity index is 1.47. The van der Waals surface area contributed by atoms with E-state index in [1.54, 1.807) is 48.8 Å². The summed E-state index contributed by atoms with van der Waals surface area (Å²) in [5.74, 6) is 1.02. The minimum atomic E-state index is -4.65. The van der Waals surface area contributed by atoms with Crippen LogP contribution in [-0.4, -0.2) is 32.9 Å². The Bertz CT molecular complexity index is 1510. The van der Waals surface area contributed by atoms with Crippen LogP contribution in [0, 0.1) is 17.2 Å². The third-order valence-corrected chi connectivity index (χ3v) is 6.19. The molecule has 0 unspecified atom stereocenters. The van der Waals surface area contributed by atoms with Gasteiger partial charge in [-0.15, -0.1) is 0 Å². The van der Waals surface area contributed by atoms with Gasteiger partial charge in [0.15, 0.2) is 6.10 Å². The van der Waals surface area contributed by atoms with Gasteiger partial charge >= 0.3 is 18.3 Å². The van der Waals surface area contributed by atoms with Crippen LogP contribution in [0.25, 0.3) is 22.2 Å². The number of fused-ring (bicyclic) bond motifs is 1. The molecule has 1 saturated carbocycles. The Morgan fingerprint density at radius 1 is 1.18 bits per heavy atom. The van der Waals surface area contributed by atoms with Crippen LogP contribution >= 0.6 is 0 Å². The van der Waals surface area contributed by atoms with E-state index < -0.39 is 18.4 Å². The molecular weight excluding hydrogens is 499 g/mol. The van der Waals surface area contributed by atoms with Crippen LogP contribution in [0.5, 0.6) is 11.8 Å². The first kappa shape index (κ1) is 25.1. The average molecular weight is 521 g/mol. The maximum atomic E-state index is 12.7. The zero-order valence-electron chi connectivity index (χ0n) is 20.2. The highest BCUT2D eigenvalue weighted by Gasteiger charge is 2.39. The number of carbonyl (C=O) groups is 1. The van der Waals surface area contributed by atoms with Gasteiger partial charge in [0, 0.05) is 36.1 Å². The first-order valence-electron chi connectivity index (χ1n) is 11.9. The molecule has 4 aromatic rings. The Morgan fingerprint density at radius 2 is 1.89 bits per heavy atom. The van der Waals surface area contributed by atoms with E-state index in [-0.39, 0.29) is 11.7 Å². The van der Waals surface area contributed by atoms with Crippen molar-refractivity contribution in [3.05, 3.63) is 66.5 Å². The molecule has 1 atom stereocenters. The average Bonchev–Trinajstić information content (AvgIpc) is 3.66. The smallest absolute Gasteiger partial charge is 0.425 e. The Morgan fingerprint density at radius 3 is 2.53 bits per heavy atom. The number of halogens is 3. The highest BCUT2D eigenvalue weighted by molar-refractivity contribution is 5.95. The van der Waals surface area contributed by atoms with Gasteiger partial charge in [-0.05, 0) is 61.6 Å². The fourth-order valence-corrected chi connectivity index (χ4v) is 4.08. The molecule has 0 spiro atoms. The van der Waals surface area contributed by atoms with Crippen LogP contribution in [0.1, 0.15) is 25.3 Å². The van der Waals surface area contributed by atoms with Gasteiger partial charge in [-0.2, -0.15) is 18.4 Å². The van der Waals surface area contributed by atoms with Gasteiger partial charge in [0.1, 0.15) is 11.8 Å². The molecule has 8 nitrogen and oxygen atoms in total. The summed E-state index contributed by atoms with van der Waals surface area (Å²) in [5.41, 5.74) is 3.00. The molecule has 1 aliphatic carbocycles. The van der Waals surface area contributed by atoms with E-state index in [1.807, 2.05) is 12.1 Å². The van der Waals surface area contributed by atoms with Gasteiger partial charge < -0.3 is 14.0 Å². The first-order chi connectivity index (χ1) is 18.2. The number of carbonyl (C=O) groups excluding carboxylic acids is 1. The Labute approximate surface area is 215 Å². The van der Waals surface area contributed by atoms with E-state index in [4.69, 9.17) is 4.74 Å². The number of nitriles is 1. The molecule has 5 rings (SSSR count). The highest BCUT2D eigenvalue weighted by atomic mass is 19.4. The van der Waals surface area contributed by atoms with E-state index in [0.717, 1.165) is 36.2 Å². The second-order valence-electron chi connectivity index (χ2n) is 8.99. The summed E-state index contributed by atoms with van der Waals surface area (Å²) < 4.78 is 50.3. The van der Waals surface area contributed by atoms with Gasteiger partial charge in [0.2, 0.25) is 0 Å². The molecule has 2 aromatic carbocycles. The zero-order valence-corrected chi connectivity index (χ0v) is 20.2. The third kappa shape index (κ3) is 5.39. The number of hydrogen-bond acceptors (Lipinski definition) is 6. The summed E-state index contributed by atoms with van der Waals surface area (Å²) in [6.07, 6.45) is -2.75. The van der Waals surface area contributed by atoms with Crippen molar-refractivity contribution in [1.29, 1.82) is 5.26 Å². The van der Waals surface area contributed by atoms with Crippen LogP contribution in [0.4, 0.5) is 23.7 Å². The zero-order chi connectivity index (χ0) is 26.9. The fraction of sp³-hybridized carbons (Fsp3) is 0.259. The summed E-state index contributed by atoms with van der Waals surface area (Å²) in [7, 11) is 0. The topological polar surface area (TPSA) is 102 Å². The number of amides is 1. The quantitative estimate of drug-likeness (QED) is 0.291. The molecule has 2 aromatic heterocycles. The number of ether oxygens (including phenoxy) is 2. The molecule has 0 aliphatic heterocycles. The van der Waals surface area contributed by atoms with Crippen molar-refractivity contribution < 1.29 is 27.4 Å². The molecule has 1 fully saturated rings. The van der Waals surface area contributed by atoms with Gasteiger partial charge in [0.25, 0.3) is 0 Å². The van der Waals surface area contributed by atoms with Crippen molar-refractivity contribution in [3.8, 4) is 29.1 Å². The lowest BCUT2D eigenvalue weighted by molar-refractivity contribution is -0.196. The van der Waals surface area contributed by atoms with Gasteiger partial charge in [-0.25, -0.2) is 14.8 Å². The molecule has 38 heavy (non-hydrogen) atoms. The van der Waals surface area contributed by atoms with E-state index in [0.29, 0.717) is 29.5 Å². The number of nitrogens with one attached hydrogen (secondary N) is 1. The Hall–Kier alpha value is -4.59. The molecule has 0 bridgehead atoms. The second-order valence-corrected chi connectivity index (χ2v) is 8.99. The van der Waals surface area contributed by atoms with Crippen LogP contribution in [0.15, 0.2) is 60.9 Å². The van der Waals surface area contributed by atoms with E-state index in [9.17, 15) is 23.2 Å². The lowest BCUT2D eigenvalue weighted by Gasteiger charge is -2.16. The third-order valence-electron chi connectivity index (χ3n) is 6.19. The lowest BCUT2D eigenvalue weighted by Crippen LogP contribution is -2.32. The molecule has 1 aliphatic rings. The summed E-state index contributed by atoms with van der Waals surface area (Å²) >= 11 is 0. The van der Waals surface area contributed by atoms with Crippen molar-refractivity contribution >= 4 is 22.7 Å². The molecular formula is C27H22F3N5O3. The van der Waals surface area contributed by atoms with E-state index >= 15 is 0 Å². The van der Waals surface area contributed by atoms with E-state index in [2.05, 4.69) is 30.7 Å². The highest BCUT2D eigenvalue weighted by Crippen LogP contribution is 2.40. The molecule has 0 saturated heterocycles. The normalized spacial score (nSPS) is 14.1. The van der Waals surface area contributed by atoms with Crippen LogP contribution in [0.2, 0.25) is 0 Å². The molecule has 11 heteroatoms. The first-order valence-corrected chi connectivity index (χ1v) is 11.9. The molecule has 1 N–H and O–H groups in total. The maximum absolute atomic E-state index is 12.7. The maximum Gasteiger partial charge on any atom is 0.425 e. The fourth-order valence-electron chi connectivity index (χ4n) is 4.08.